The molecule has 57 valence electrons. The summed E-state index contributed by atoms with van der Waals surface area (Å²) in [6.07, 6.45) is 8.35. The Labute approximate surface area is 62.8 Å². The first-order valence-electron chi connectivity index (χ1n) is 4.02. The van der Waals surface area contributed by atoms with Crippen molar-refractivity contribution in [1.82, 2.24) is 0 Å². The van der Waals surface area contributed by atoms with Gasteiger partial charge < -0.3 is 5.11 Å². The first-order valence-corrected chi connectivity index (χ1v) is 4.02. The summed E-state index contributed by atoms with van der Waals surface area (Å²) in [7, 11) is 0. The molecule has 1 rings (SSSR count). The average molecular weight is 139 g/mol. The van der Waals surface area contributed by atoms with Gasteiger partial charge in [-0.2, -0.15) is 0 Å². The SMILES string of the molecule is [CH2]C(O)=CC1CCCCC1. The van der Waals surface area contributed by atoms with Crippen LogP contribution in [0.3, 0.4) is 0 Å². The van der Waals surface area contributed by atoms with E-state index >= 15 is 0 Å². The maximum Gasteiger partial charge on any atom is 0.0890 e. The quantitative estimate of drug-likeness (QED) is 0.554. The second-order valence-electron chi connectivity index (χ2n) is 3.06. The van der Waals surface area contributed by atoms with Gasteiger partial charge in [0.15, 0.2) is 0 Å². The van der Waals surface area contributed by atoms with Gasteiger partial charge in [-0.1, -0.05) is 19.3 Å². The second-order valence-corrected chi connectivity index (χ2v) is 3.06. The molecule has 0 saturated heterocycles. The number of aliphatic hydroxyl groups is 1. The van der Waals surface area contributed by atoms with Crippen LogP contribution in [0.1, 0.15) is 32.1 Å². The molecular weight excluding hydrogens is 124 g/mol. The lowest BCUT2D eigenvalue weighted by Gasteiger charge is -2.17. The van der Waals surface area contributed by atoms with Crippen LogP contribution in [0.4, 0.5) is 0 Å². The van der Waals surface area contributed by atoms with Crippen LogP contribution in [0.2, 0.25) is 0 Å². The molecule has 1 saturated carbocycles. The van der Waals surface area contributed by atoms with Gasteiger partial charge in [0.05, 0.1) is 5.76 Å². The number of aliphatic hydroxyl groups excluding tert-OH is 1. The highest BCUT2D eigenvalue weighted by molar-refractivity contribution is 4.98. The van der Waals surface area contributed by atoms with Gasteiger partial charge in [-0.25, -0.2) is 0 Å². The summed E-state index contributed by atoms with van der Waals surface area (Å²) in [6, 6.07) is 0. The Morgan fingerprint density at radius 2 is 1.90 bits per heavy atom. The zero-order valence-corrected chi connectivity index (χ0v) is 6.34. The molecule has 0 bridgehead atoms. The smallest absolute Gasteiger partial charge is 0.0890 e. The number of hydrogen-bond acceptors (Lipinski definition) is 1. The summed E-state index contributed by atoms with van der Waals surface area (Å²) in [5, 5.41) is 8.85. The van der Waals surface area contributed by atoms with E-state index in [2.05, 4.69) is 6.92 Å². The van der Waals surface area contributed by atoms with E-state index in [0.29, 0.717) is 5.92 Å². The first-order chi connectivity index (χ1) is 4.79. The highest BCUT2D eigenvalue weighted by atomic mass is 16.3. The number of hydrogen-bond donors (Lipinski definition) is 1. The van der Waals surface area contributed by atoms with Crippen molar-refractivity contribution in [2.45, 2.75) is 32.1 Å². The van der Waals surface area contributed by atoms with Crippen LogP contribution in [0, 0.1) is 12.8 Å². The van der Waals surface area contributed by atoms with Gasteiger partial charge in [-0.05, 0) is 24.8 Å². The molecule has 0 unspecified atom stereocenters. The Balaban J connectivity index is 2.33. The Hall–Kier alpha value is -0.460. The van der Waals surface area contributed by atoms with Gasteiger partial charge in [0.1, 0.15) is 0 Å². The van der Waals surface area contributed by atoms with E-state index in [1.54, 1.807) is 0 Å². The van der Waals surface area contributed by atoms with Gasteiger partial charge >= 0.3 is 0 Å². The summed E-state index contributed by atoms with van der Waals surface area (Å²) in [4.78, 5) is 0. The monoisotopic (exact) mass is 139 g/mol. The molecule has 0 aromatic heterocycles. The van der Waals surface area contributed by atoms with Gasteiger partial charge in [-0.15, -0.1) is 0 Å². The van der Waals surface area contributed by atoms with Crippen LogP contribution in [0.25, 0.3) is 0 Å². The van der Waals surface area contributed by atoms with Crippen LogP contribution in [-0.4, -0.2) is 5.11 Å². The van der Waals surface area contributed by atoms with Crippen molar-refractivity contribution in [3.8, 4) is 0 Å². The van der Waals surface area contributed by atoms with E-state index in [0.717, 1.165) is 0 Å². The molecule has 1 N–H and O–H groups in total. The van der Waals surface area contributed by atoms with E-state index in [4.69, 9.17) is 5.11 Å². The zero-order valence-electron chi connectivity index (χ0n) is 6.34. The lowest BCUT2D eigenvalue weighted by molar-refractivity contribution is 0.386. The van der Waals surface area contributed by atoms with Gasteiger partial charge in [-0.3, -0.25) is 0 Å². The fourth-order valence-corrected chi connectivity index (χ4v) is 1.57. The maximum atomic E-state index is 8.85. The predicted octanol–water partition coefficient (Wildman–Crippen LogP) is 2.84. The Morgan fingerprint density at radius 1 is 1.30 bits per heavy atom. The molecule has 1 aliphatic rings. The molecular formula is C9H15O. The van der Waals surface area contributed by atoms with Gasteiger partial charge in [0.2, 0.25) is 0 Å². The standard InChI is InChI=1S/C9H15O/c1-8(10)7-9-5-3-2-4-6-9/h7,9-10H,1-6H2. The largest absolute Gasteiger partial charge is 0.513 e. The van der Waals surface area contributed by atoms with Gasteiger partial charge in [0.25, 0.3) is 0 Å². The minimum atomic E-state index is 0.243. The highest BCUT2D eigenvalue weighted by Crippen LogP contribution is 2.24. The first kappa shape index (κ1) is 7.64. The van der Waals surface area contributed by atoms with Crippen LogP contribution in [0.5, 0.6) is 0 Å². The normalized spacial score (nSPS) is 23.1. The Morgan fingerprint density at radius 3 is 2.40 bits per heavy atom. The molecule has 1 heteroatoms. The fourth-order valence-electron chi connectivity index (χ4n) is 1.57. The van der Waals surface area contributed by atoms with Crippen LogP contribution >= 0.6 is 0 Å². The molecule has 1 aliphatic carbocycles. The molecule has 1 nitrogen and oxygen atoms in total. The van der Waals surface area contributed by atoms with Gasteiger partial charge in [0, 0.05) is 6.92 Å². The summed E-state index contributed by atoms with van der Waals surface area (Å²) in [5.74, 6) is 0.846. The second kappa shape index (κ2) is 3.65. The molecule has 0 aliphatic heterocycles. The van der Waals surface area contributed by atoms with E-state index in [1.807, 2.05) is 6.08 Å². The zero-order chi connectivity index (χ0) is 7.40. The topological polar surface area (TPSA) is 20.2 Å². The molecule has 10 heavy (non-hydrogen) atoms. The van der Waals surface area contributed by atoms with Crippen molar-refractivity contribution in [2.75, 3.05) is 0 Å². The minimum Gasteiger partial charge on any atom is -0.513 e. The molecule has 1 fully saturated rings. The molecule has 0 aromatic rings. The van der Waals surface area contributed by atoms with E-state index in [-0.39, 0.29) is 5.76 Å². The summed E-state index contributed by atoms with van der Waals surface area (Å²) < 4.78 is 0. The summed E-state index contributed by atoms with van der Waals surface area (Å²) in [6.45, 7) is 3.45. The fraction of sp³-hybridized carbons (Fsp3) is 0.667. The van der Waals surface area contributed by atoms with E-state index < -0.39 is 0 Å². The third-order valence-electron chi connectivity index (χ3n) is 2.08. The number of rotatable bonds is 1. The van der Waals surface area contributed by atoms with E-state index in [1.165, 1.54) is 32.1 Å². The van der Waals surface area contributed by atoms with Crippen LogP contribution in [-0.2, 0) is 0 Å². The Bertz CT molecular complexity index is 117. The van der Waals surface area contributed by atoms with Crippen LogP contribution in [0.15, 0.2) is 11.8 Å². The maximum absolute atomic E-state index is 8.85. The highest BCUT2D eigenvalue weighted by Gasteiger charge is 2.10. The molecule has 0 heterocycles. The number of allylic oxidation sites excluding steroid dienone is 2. The lowest BCUT2D eigenvalue weighted by Crippen LogP contribution is -2.03. The molecule has 0 aromatic carbocycles. The van der Waals surface area contributed by atoms with Crippen LogP contribution < -0.4 is 0 Å². The minimum absolute atomic E-state index is 0.243. The van der Waals surface area contributed by atoms with Crippen molar-refractivity contribution in [3.63, 3.8) is 0 Å². The molecule has 0 spiro atoms. The van der Waals surface area contributed by atoms with Crippen molar-refractivity contribution in [3.05, 3.63) is 18.8 Å². The van der Waals surface area contributed by atoms with E-state index in [9.17, 15) is 0 Å². The molecule has 0 atom stereocenters. The van der Waals surface area contributed by atoms with Crippen molar-refractivity contribution in [1.29, 1.82) is 0 Å². The third-order valence-corrected chi connectivity index (χ3v) is 2.08. The van der Waals surface area contributed by atoms with Crippen molar-refractivity contribution < 1.29 is 5.11 Å². The average Bonchev–Trinajstić information content (AvgIpc) is 1.88. The predicted molar refractivity (Wildman–Crippen MR) is 42.6 cm³/mol. The summed E-state index contributed by atoms with van der Waals surface area (Å²) in [5.41, 5.74) is 0. The van der Waals surface area contributed by atoms with Crippen molar-refractivity contribution >= 4 is 0 Å². The lowest BCUT2D eigenvalue weighted by atomic mass is 9.89. The Kier molecular flexibility index (Phi) is 2.79. The van der Waals surface area contributed by atoms with Crippen molar-refractivity contribution in [2.24, 2.45) is 5.92 Å². The summed E-state index contributed by atoms with van der Waals surface area (Å²) >= 11 is 0. The molecule has 1 radical (unpaired) electrons. The molecule has 0 amide bonds. The third kappa shape index (κ3) is 2.42.